The lowest BCUT2D eigenvalue weighted by Crippen LogP contribution is -2.14. The van der Waals surface area contributed by atoms with Crippen molar-refractivity contribution >= 4 is 17.3 Å². The van der Waals surface area contributed by atoms with Crippen LogP contribution in [0.15, 0.2) is 30.3 Å². The first-order valence-corrected chi connectivity index (χ1v) is 6.76. The number of ether oxygens (including phenoxy) is 1. The van der Waals surface area contributed by atoms with E-state index in [1.165, 1.54) is 12.1 Å². The van der Waals surface area contributed by atoms with Crippen molar-refractivity contribution in [1.82, 2.24) is 9.97 Å². The predicted molar refractivity (Wildman–Crippen MR) is 81.4 cm³/mol. The molecular formula is C15H19FN4O. The van der Waals surface area contributed by atoms with E-state index in [1.54, 1.807) is 24.1 Å². The van der Waals surface area contributed by atoms with Gasteiger partial charge in [-0.1, -0.05) is 6.07 Å². The summed E-state index contributed by atoms with van der Waals surface area (Å²) in [6.45, 7) is 2.86. The molecule has 0 atom stereocenters. The summed E-state index contributed by atoms with van der Waals surface area (Å²) in [6.07, 6.45) is 0. The molecule has 0 aliphatic rings. The monoisotopic (exact) mass is 290 g/mol. The number of hydrogen-bond acceptors (Lipinski definition) is 5. The molecule has 1 aromatic heterocycles. The molecule has 0 radical (unpaired) electrons. The molecule has 0 aliphatic carbocycles. The first-order valence-electron chi connectivity index (χ1n) is 6.76. The molecule has 0 saturated heterocycles. The molecule has 0 unspecified atom stereocenters. The van der Waals surface area contributed by atoms with Gasteiger partial charge in [-0.05, 0) is 25.1 Å². The summed E-state index contributed by atoms with van der Waals surface area (Å²) >= 11 is 0. The largest absolute Gasteiger partial charge is 0.374 e. The zero-order valence-corrected chi connectivity index (χ0v) is 12.4. The molecule has 0 bridgehead atoms. The smallest absolute Gasteiger partial charge is 0.158 e. The number of benzene rings is 1. The third-order valence-corrected chi connectivity index (χ3v) is 2.99. The fraction of sp³-hybridized carbons (Fsp3) is 0.333. The molecule has 0 spiro atoms. The lowest BCUT2D eigenvalue weighted by atomic mass is 10.3. The summed E-state index contributed by atoms with van der Waals surface area (Å²) in [5.41, 5.74) is 0.720. The average Bonchev–Trinajstić information content (AvgIpc) is 2.51. The Morgan fingerprint density at radius 3 is 2.76 bits per heavy atom. The molecule has 0 fully saturated rings. The highest BCUT2D eigenvalue weighted by Gasteiger charge is 2.10. The Hall–Kier alpha value is -2.21. The Labute approximate surface area is 123 Å². The van der Waals surface area contributed by atoms with E-state index in [-0.39, 0.29) is 5.82 Å². The number of anilines is 3. The van der Waals surface area contributed by atoms with Crippen molar-refractivity contribution in [2.45, 2.75) is 13.5 Å². The van der Waals surface area contributed by atoms with Gasteiger partial charge in [-0.3, -0.25) is 0 Å². The number of halogens is 1. The highest BCUT2D eigenvalue weighted by atomic mass is 19.1. The van der Waals surface area contributed by atoms with Gasteiger partial charge in [-0.25, -0.2) is 14.4 Å². The first-order chi connectivity index (χ1) is 10.1. The van der Waals surface area contributed by atoms with Crippen LogP contribution < -0.4 is 10.2 Å². The number of nitrogens with zero attached hydrogens (tertiary/aromatic N) is 3. The molecule has 5 nitrogen and oxygen atoms in total. The minimum absolute atomic E-state index is 0.281. The molecule has 112 valence electrons. The van der Waals surface area contributed by atoms with Crippen LogP contribution in [-0.4, -0.2) is 30.7 Å². The molecule has 6 heteroatoms. The first kappa shape index (κ1) is 15.2. The van der Waals surface area contributed by atoms with Crippen molar-refractivity contribution in [2.75, 3.05) is 30.9 Å². The van der Waals surface area contributed by atoms with Gasteiger partial charge in [-0.2, -0.15) is 0 Å². The van der Waals surface area contributed by atoms with Gasteiger partial charge >= 0.3 is 0 Å². The second-order valence-electron chi connectivity index (χ2n) is 4.45. The van der Waals surface area contributed by atoms with Gasteiger partial charge in [0.2, 0.25) is 0 Å². The second-order valence-corrected chi connectivity index (χ2v) is 4.45. The van der Waals surface area contributed by atoms with Crippen LogP contribution in [0, 0.1) is 5.82 Å². The molecule has 2 rings (SSSR count). The van der Waals surface area contributed by atoms with Gasteiger partial charge in [0.1, 0.15) is 24.1 Å². The van der Waals surface area contributed by atoms with Crippen molar-refractivity contribution in [3.05, 3.63) is 42.0 Å². The third-order valence-electron chi connectivity index (χ3n) is 2.99. The fourth-order valence-corrected chi connectivity index (χ4v) is 1.86. The van der Waals surface area contributed by atoms with Gasteiger partial charge in [0, 0.05) is 32.5 Å². The van der Waals surface area contributed by atoms with Crippen molar-refractivity contribution in [3.8, 4) is 0 Å². The van der Waals surface area contributed by atoms with Crippen molar-refractivity contribution in [3.63, 3.8) is 0 Å². The maximum atomic E-state index is 13.3. The molecule has 0 amide bonds. The van der Waals surface area contributed by atoms with Crippen LogP contribution in [0.1, 0.15) is 12.7 Å². The Morgan fingerprint density at radius 1 is 1.29 bits per heavy atom. The molecule has 21 heavy (non-hydrogen) atoms. The number of hydrogen-bond donors (Lipinski definition) is 1. The molecule has 0 saturated carbocycles. The molecule has 2 aromatic rings. The zero-order valence-electron chi connectivity index (χ0n) is 12.4. The van der Waals surface area contributed by atoms with E-state index in [4.69, 9.17) is 4.74 Å². The maximum absolute atomic E-state index is 13.3. The van der Waals surface area contributed by atoms with Crippen LogP contribution in [0.5, 0.6) is 0 Å². The summed E-state index contributed by atoms with van der Waals surface area (Å²) in [6, 6.07) is 8.18. The van der Waals surface area contributed by atoms with Crippen LogP contribution in [-0.2, 0) is 11.3 Å². The number of rotatable bonds is 6. The predicted octanol–water partition coefficient (Wildman–Crippen LogP) is 2.96. The Kier molecular flexibility index (Phi) is 5.05. The third kappa shape index (κ3) is 3.88. The summed E-state index contributed by atoms with van der Waals surface area (Å²) < 4.78 is 18.7. The Morgan fingerprint density at radius 2 is 2.10 bits per heavy atom. The molecule has 1 heterocycles. The minimum Gasteiger partial charge on any atom is -0.374 e. The second kappa shape index (κ2) is 6.99. The van der Waals surface area contributed by atoms with E-state index >= 15 is 0 Å². The molecule has 1 N–H and O–H groups in total. The Bertz CT molecular complexity index is 606. The van der Waals surface area contributed by atoms with Crippen LogP contribution in [0.2, 0.25) is 0 Å². The van der Waals surface area contributed by atoms with Gasteiger partial charge < -0.3 is 15.0 Å². The number of aromatic nitrogens is 2. The Balaban J connectivity index is 2.32. The average molecular weight is 290 g/mol. The molecule has 0 aliphatic heterocycles. The highest BCUT2D eigenvalue weighted by molar-refractivity contribution is 5.61. The van der Waals surface area contributed by atoms with Crippen LogP contribution in [0.25, 0.3) is 0 Å². The van der Waals surface area contributed by atoms with E-state index < -0.39 is 0 Å². The van der Waals surface area contributed by atoms with E-state index in [2.05, 4.69) is 15.3 Å². The van der Waals surface area contributed by atoms with Gasteiger partial charge in [0.15, 0.2) is 5.82 Å². The van der Waals surface area contributed by atoms with Crippen LogP contribution in [0.4, 0.5) is 21.7 Å². The maximum Gasteiger partial charge on any atom is 0.158 e. The highest BCUT2D eigenvalue weighted by Crippen LogP contribution is 2.24. The quantitative estimate of drug-likeness (QED) is 0.886. The lowest BCUT2D eigenvalue weighted by Gasteiger charge is -2.19. The van der Waals surface area contributed by atoms with Crippen molar-refractivity contribution in [2.24, 2.45) is 0 Å². The van der Waals surface area contributed by atoms with Crippen LogP contribution in [0.3, 0.4) is 0 Å². The van der Waals surface area contributed by atoms with E-state index in [9.17, 15) is 4.39 Å². The molecule has 1 aromatic carbocycles. The van der Waals surface area contributed by atoms with Gasteiger partial charge in [0.25, 0.3) is 0 Å². The SMILES string of the molecule is CCOCc1nc(NC)cc(N(C)c2cccc(F)c2)n1. The summed E-state index contributed by atoms with van der Waals surface area (Å²) in [5, 5.41) is 2.99. The normalized spacial score (nSPS) is 10.5. The fourth-order valence-electron chi connectivity index (χ4n) is 1.86. The number of nitrogens with one attached hydrogen (secondary N) is 1. The topological polar surface area (TPSA) is 50.3 Å². The standard InChI is InChI=1S/C15H19FN4O/c1-4-21-10-14-18-13(17-2)9-15(19-14)20(3)12-7-5-6-11(16)8-12/h5-9H,4,10H2,1-3H3,(H,17,18,19). The van der Waals surface area contributed by atoms with E-state index in [0.717, 1.165) is 5.69 Å². The summed E-state index contributed by atoms with van der Waals surface area (Å²) in [7, 11) is 3.62. The molecular weight excluding hydrogens is 271 g/mol. The van der Waals surface area contributed by atoms with Gasteiger partial charge in [-0.15, -0.1) is 0 Å². The minimum atomic E-state index is -0.281. The zero-order chi connectivity index (χ0) is 15.2. The van der Waals surface area contributed by atoms with Crippen LogP contribution >= 0.6 is 0 Å². The summed E-state index contributed by atoms with van der Waals surface area (Å²) in [5.74, 6) is 1.67. The summed E-state index contributed by atoms with van der Waals surface area (Å²) in [4.78, 5) is 10.6. The van der Waals surface area contributed by atoms with Crippen molar-refractivity contribution in [1.29, 1.82) is 0 Å². The van der Waals surface area contributed by atoms with E-state index in [1.807, 2.05) is 20.0 Å². The van der Waals surface area contributed by atoms with E-state index in [0.29, 0.717) is 30.7 Å². The van der Waals surface area contributed by atoms with Crippen molar-refractivity contribution < 1.29 is 9.13 Å². The lowest BCUT2D eigenvalue weighted by molar-refractivity contribution is 0.128. The van der Waals surface area contributed by atoms with Gasteiger partial charge in [0.05, 0.1) is 0 Å².